The fourth-order valence-corrected chi connectivity index (χ4v) is 2.27. The first-order valence-corrected chi connectivity index (χ1v) is 6.89. The third-order valence-corrected chi connectivity index (χ3v) is 3.33. The van der Waals surface area contributed by atoms with Crippen molar-refractivity contribution >= 4 is 5.97 Å². The van der Waals surface area contributed by atoms with Crippen molar-refractivity contribution in [3.63, 3.8) is 0 Å². The van der Waals surface area contributed by atoms with Crippen LogP contribution in [0.25, 0.3) is 0 Å². The van der Waals surface area contributed by atoms with Gasteiger partial charge < -0.3 is 10.2 Å². The molecule has 4 nitrogen and oxygen atoms in total. The highest BCUT2D eigenvalue weighted by Crippen LogP contribution is 2.15. The first-order valence-electron chi connectivity index (χ1n) is 6.89. The summed E-state index contributed by atoms with van der Waals surface area (Å²) in [6.07, 6.45) is 0.577. The highest BCUT2D eigenvalue weighted by molar-refractivity contribution is 5.75. The minimum Gasteiger partial charge on any atom is -0.480 e. The van der Waals surface area contributed by atoms with Crippen molar-refractivity contribution in [1.29, 1.82) is 0 Å². The van der Waals surface area contributed by atoms with E-state index in [-0.39, 0.29) is 12.6 Å². The number of aliphatic carboxylic acids is 1. The lowest BCUT2D eigenvalue weighted by molar-refractivity contribution is -0.140. The van der Waals surface area contributed by atoms with Gasteiger partial charge in [-0.1, -0.05) is 60.7 Å². The Labute approximate surface area is 124 Å². The molecule has 0 saturated heterocycles. The van der Waals surface area contributed by atoms with E-state index in [1.807, 2.05) is 36.4 Å². The molecule has 2 atom stereocenters. The lowest BCUT2D eigenvalue weighted by atomic mass is 10.0. The first-order chi connectivity index (χ1) is 10.2. The van der Waals surface area contributed by atoms with E-state index in [0.717, 1.165) is 5.56 Å². The van der Waals surface area contributed by atoms with Crippen molar-refractivity contribution in [2.45, 2.75) is 18.5 Å². The zero-order valence-electron chi connectivity index (χ0n) is 11.6. The molecule has 0 aliphatic heterocycles. The maximum Gasteiger partial charge on any atom is 0.325 e. The molecule has 110 valence electrons. The van der Waals surface area contributed by atoms with Gasteiger partial charge in [-0.15, -0.1) is 0 Å². The van der Waals surface area contributed by atoms with Crippen LogP contribution >= 0.6 is 0 Å². The molecular weight excluding hydrogens is 266 g/mol. The van der Waals surface area contributed by atoms with Gasteiger partial charge in [-0.25, -0.2) is 0 Å². The third-order valence-electron chi connectivity index (χ3n) is 3.33. The largest absolute Gasteiger partial charge is 0.480 e. The summed E-state index contributed by atoms with van der Waals surface area (Å²) in [5, 5.41) is 21.9. The van der Waals surface area contributed by atoms with Crippen molar-refractivity contribution in [1.82, 2.24) is 5.32 Å². The van der Waals surface area contributed by atoms with Gasteiger partial charge in [0, 0.05) is 6.04 Å². The summed E-state index contributed by atoms with van der Waals surface area (Å²) in [6, 6.07) is 17.5. The number of hydrogen-bond donors (Lipinski definition) is 3. The second-order valence-corrected chi connectivity index (χ2v) is 4.92. The molecule has 21 heavy (non-hydrogen) atoms. The van der Waals surface area contributed by atoms with Gasteiger partial charge in [0.2, 0.25) is 0 Å². The molecule has 2 aromatic rings. The zero-order valence-corrected chi connectivity index (χ0v) is 11.6. The summed E-state index contributed by atoms with van der Waals surface area (Å²) in [6.45, 7) is -0.120. The molecule has 4 heteroatoms. The maximum absolute atomic E-state index is 11.5. The molecule has 2 aromatic carbocycles. The van der Waals surface area contributed by atoms with Crippen LogP contribution in [0.3, 0.4) is 0 Å². The average molecular weight is 285 g/mol. The molecule has 0 aromatic heterocycles. The lowest BCUT2D eigenvalue weighted by Crippen LogP contribution is -2.40. The average Bonchev–Trinajstić information content (AvgIpc) is 2.52. The van der Waals surface area contributed by atoms with Crippen LogP contribution in [-0.4, -0.2) is 28.8 Å². The van der Waals surface area contributed by atoms with Crippen LogP contribution in [0.15, 0.2) is 60.7 Å². The standard InChI is InChI=1S/C17H19NO3/c19-12-15(11-13-7-3-1-4-8-13)18-16(17(20)21)14-9-5-2-6-10-14/h1-10,15-16,18-19H,11-12H2,(H,20,21). The number of aliphatic hydroxyl groups excluding tert-OH is 1. The predicted octanol–water partition coefficient (Wildman–Crippen LogP) is 2.01. The topological polar surface area (TPSA) is 69.6 Å². The van der Waals surface area contributed by atoms with Gasteiger partial charge in [-0.3, -0.25) is 10.1 Å². The number of benzene rings is 2. The number of nitrogens with one attached hydrogen (secondary N) is 1. The third kappa shape index (κ3) is 4.41. The van der Waals surface area contributed by atoms with E-state index >= 15 is 0 Å². The van der Waals surface area contributed by atoms with Crippen LogP contribution in [0.5, 0.6) is 0 Å². The molecule has 0 bridgehead atoms. The number of rotatable bonds is 7. The Morgan fingerprint density at radius 3 is 2.10 bits per heavy atom. The van der Waals surface area contributed by atoms with Gasteiger partial charge in [-0.2, -0.15) is 0 Å². The normalized spacial score (nSPS) is 13.6. The predicted molar refractivity (Wildman–Crippen MR) is 81.0 cm³/mol. The van der Waals surface area contributed by atoms with Crippen LogP contribution in [0.2, 0.25) is 0 Å². The Balaban J connectivity index is 2.09. The van der Waals surface area contributed by atoms with Crippen LogP contribution < -0.4 is 5.32 Å². The Bertz CT molecular complexity index is 557. The van der Waals surface area contributed by atoms with Gasteiger partial charge in [0.15, 0.2) is 0 Å². The number of hydrogen-bond acceptors (Lipinski definition) is 3. The molecule has 0 heterocycles. The van der Waals surface area contributed by atoms with Gasteiger partial charge in [0.25, 0.3) is 0 Å². The van der Waals surface area contributed by atoms with E-state index < -0.39 is 12.0 Å². The molecule has 0 fully saturated rings. The van der Waals surface area contributed by atoms with Crippen molar-refractivity contribution in [3.8, 4) is 0 Å². The summed E-state index contributed by atoms with van der Waals surface area (Å²) < 4.78 is 0. The molecule has 0 aliphatic rings. The Morgan fingerprint density at radius 1 is 1.00 bits per heavy atom. The number of carboxylic acids is 1. The maximum atomic E-state index is 11.5. The van der Waals surface area contributed by atoms with Gasteiger partial charge in [-0.05, 0) is 17.5 Å². The van der Waals surface area contributed by atoms with E-state index in [1.54, 1.807) is 24.3 Å². The number of carbonyl (C=O) groups is 1. The molecule has 2 unspecified atom stereocenters. The molecule has 2 rings (SSSR count). The monoisotopic (exact) mass is 285 g/mol. The summed E-state index contributed by atoms with van der Waals surface area (Å²) in [7, 11) is 0. The molecule has 0 amide bonds. The molecular formula is C17H19NO3. The minimum absolute atomic E-state index is 0.120. The van der Waals surface area contributed by atoms with Gasteiger partial charge in [0.1, 0.15) is 6.04 Å². The van der Waals surface area contributed by atoms with Crippen LogP contribution in [0, 0.1) is 0 Å². The zero-order chi connectivity index (χ0) is 15.1. The number of aliphatic hydroxyl groups is 1. The van der Waals surface area contributed by atoms with Crippen LogP contribution in [0.4, 0.5) is 0 Å². The fraction of sp³-hybridized carbons (Fsp3) is 0.235. The Morgan fingerprint density at radius 2 is 1.57 bits per heavy atom. The molecule has 3 N–H and O–H groups in total. The first kappa shape index (κ1) is 15.2. The second kappa shape index (κ2) is 7.57. The minimum atomic E-state index is -0.951. The Hall–Kier alpha value is -2.17. The van der Waals surface area contributed by atoms with Crippen molar-refractivity contribution < 1.29 is 15.0 Å². The Kier molecular flexibility index (Phi) is 5.49. The molecule has 0 radical (unpaired) electrons. The van der Waals surface area contributed by atoms with Crippen molar-refractivity contribution in [3.05, 3.63) is 71.8 Å². The van der Waals surface area contributed by atoms with E-state index in [4.69, 9.17) is 0 Å². The fourth-order valence-electron chi connectivity index (χ4n) is 2.27. The summed E-state index contributed by atoms with van der Waals surface area (Å²) >= 11 is 0. The van der Waals surface area contributed by atoms with Crippen LogP contribution in [0.1, 0.15) is 17.2 Å². The quantitative estimate of drug-likeness (QED) is 0.728. The van der Waals surface area contributed by atoms with E-state index in [9.17, 15) is 15.0 Å². The van der Waals surface area contributed by atoms with Crippen molar-refractivity contribution in [2.24, 2.45) is 0 Å². The van der Waals surface area contributed by atoms with E-state index in [0.29, 0.717) is 12.0 Å². The summed E-state index contributed by atoms with van der Waals surface area (Å²) in [5.74, 6) is -0.951. The molecule has 0 saturated carbocycles. The summed E-state index contributed by atoms with van der Waals surface area (Å²) in [5.41, 5.74) is 1.73. The van der Waals surface area contributed by atoms with E-state index in [2.05, 4.69) is 5.32 Å². The van der Waals surface area contributed by atoms with Gasteiger partial charge >= 0.3 is 5.97 Å². The van der Waals surface area contributed by atoms with Gasteiger partial charge in [0.05, 0.1) is 6.61 Å². The smallest absolute Gasteiger partial charge is 0.325 e. The highest BCUT2D eigenvalue weighted by atomic mass is 16.4. The van der Waals surface area contributed by atoms with E-state index in [1.165, 1.54) is 0 Å². The number of carboxylic acid groups (broad SMARTS) is 1. The molecule has 0 aliphatic carbocycles. The SMILES string of the molecule is O=C(O)C(NC(CO)Cc1ccccc1)c1ccccc1. The summed E-state index contributed by atoms with van der Waals surface area (Å²) in [4.78, 5) is 11.5. The van der Waals surface area contributed by atoms with Crippen molar-refractivity contribution in [2.75, 3.05) is 6.61 Å². The molecule has 0 spiro atoms. The van der Waals surface area contributed by atoms with Crippen LogP contribution in [-0.2, 0) is 11.2 Å². The lowest BCUT2D eigenvalue weighted by Gasteiger charge is -2.22. The highest BCUT2D eigenvalue weighted by Gasteiger charge is 2.22. The second-order valence-electron chi connectivity index (χ2n) is 4.92.